The van der Waals surface area contributed by atoms with Gasteiger partial charge < -0.3 is 15.4 Å². The molecule has 2 heterocycles. The van der Waals surface area contributed by atoms with E-state index in [9.17, 15) is 4.79 Å². The van der Waals surface area contributed by atoms with Crippen molar-refractivity contribution in [1.29, 1.82) is 0 Å². The standard InChI is InChI=1S/C17H20N2O2S.ClH/c1-11-15(13-3-5-14(21-2)6-4-13)7-16(22-11)17(20)19-10-12-8-18-9-12;/h3-7,12,18H,8-10H2,1-2H3,(H,19,20);1H. The summed E-state index contributed by atoms with van der Waals surface area (Å²) in [4.78, 5) is 14.2. The molecule has 1 aromatic heterocycles. The molecular weight excluding hydrogens is 332 g/mol. The van der Waals surface area contributed by atoms with Gasteiger partial charge in [0.05, 0.1) is 12.0 Å². The van der Waals surface area contributed by atoms with E-state index in [2.05, 4.69) is 17.6 Å². The molecule has 0 saturated carbocycles. The number of carbonyl (C=O) groups excluding carboxylic acids is 1. The number of halogens is 1. The maximum Gasteiger partial charge on any atom is 0.261 e. The summed E-state index contributed by atoms with van der Waals surface area (Å²) in [6.07, 6.45) is 0. The second kappa shape index (κ2) is 7.81. The van der Waals surface area contributed by atoms with E-state index in [0.29, 0.717) is 5.92 Å². The van der Waals surface area contributed by atoms with Gasteiger partial charge in [-0.05, 0) is 36.2 Å². The van der Waals surface area contributed by atoms with Crippen molar-refractivity contribution in [2.24, 2.45) is 5.92 Å². The molecule has 1 saturated heterocycles. The van der Waals surface area contributed by atoms with E-state index in [1.807, 2.05) is 30.3 Å². The minimum absolute atomic E-state index is 0. The molecule has 1 aromatic carbocycles. The van der Waals surface area contributed by atoms with Crippen molar-refractivity contribution in [2.45, 2.75) is 6.92 Å². The first-order chi connectivity index (χ1) is 10.7. The number of rotatable bonds is 5. The Morgan fingerprint density at radius 3 is 2.61 bits per heavy atom. The Bertz CT molecular complexity index is 666. The van der Waals surface area contributed by atoms with Crippen LogP contribution in [0.2, 0.25) is 0 Å². The number of benzene rings is 1. The fourth-order valence-electron chi connectivity index (χ4n) is 2.47. The van der Waals surface area contributed by atoms with Crippen molar-refractivity contribution < 1.29 is 9.53 Å². The zero-order valence-electron chi connectivity index (χ0n) is 13.2. The highest BCUT2D eigenvalue weighted by atomic mass is 35.5. The summed E-state index contributed by atoms with van der Waals surface area (Å²) in [5.41, 5.74) is 2.22. The van der Waals surface area contributed by atoms with E-state index < -0.39 is 0 Å². The first-order valence-electron chi connectivity index (χ1n) is 7.41. The average molecular weight is 353 g/mol. The average Bonchev–Trinajstić information content (AvgIpc) is 2.88. The molecule has 0 bridgehead atoms. The van der Waals surface area contributed by atoms with E-state index in [-0.39, 0.29) is 18.3 Å². The Hall–Kier alpha value is -1.56. The number of methoxy groups -OCH3 is 1. The number of ether oxygens (including phenoxy) is 1. The van der Waals surface area contributed by atoms with Crippen LogP contribution in [0.4, 0.5) is 0 Å². The van der Waals surface area contributed by atoms with Crippen LogP contribution < -0.4 is 15.4 Å². The molecule has 2 aromatic rings. The van der Waals surface area contributed by atoms with Gasteiger partial charge in [-0.25, -0.2) is 0 Å². The van der Waals surface area contributed by atoms with Crippen molar-refractivity contribution in [2.75, 3.05) is 26.7 Å². The van der Waals surface area contributed by atoms with E-state index in [1.54, 1.807) is 18.4 Å². The Morgan fingerprint density at radius 1 is 1.35 bits per heavy atom. The van der Waals surface area contributed by atoms with Crippen LogP contribution >= 0.6 is 23.7 Å². The first kappa shape index (κ1) is 17.8. The van der Waals surface area contributed by atoms with Gasteiger partial charge in [0.1, 0.15) is 5.75 Å². The molecule has 0 unspecified atom stereocenters. The fourth-order valence-corrected chi connectivity index (χ4v) is 3.43. The van der Waals surface area contributed by atoms with E-state index in [0.717, 1.165) is 46.3 Å². The van der Waals surface area contributed by atoms with E-state index in [4.69, 9.17) is 4.74 Å². The number of amides is 1. The molecular formula is C17H21ClN2O2S. The molecule has 0 aliphatic carbocycles. The normalized spacial score (nSPS) is 13.8. The molecule has 0 radical (unpaired) electrons. The van der Waals surface area contributed by atoms with Crippen molar-refractivity contribution in [1.82, 2.24) is 10.6 Å². The smallest absolute Gasteiger partial charge is 0.261 e. The minimum Gasteiger partial charge on any atom is -0.497 e. The van der Waals surface area contributed by atoms with Gasteiger partial charge in [-0.3, -0.25) is 4.79 Å². The van der Waals surface area contributed by atoms with Crippen LogP contribution in [-0.2, 0) is 0 Å². The van der Waals surface area contributed by atoms with Gasteiger partial charge in [0, 0.05) is 30.4 Å². The number of carbonyl (C=O) groups is 1. The highest BCUT2D eigenvalue weighted by Gasteiger charge is 2.19. The fraction of sp³-hybridized carbons (Fsp3) is 0.353. The molecule has 2 N–H and O–H groups in total. The van der Waals surface area contributed by atoms with Gasteiger partial charge >= 0.3 is 0 Å². The van der Waals surface area contributed by atoms with Gasteiger partial charge in [0.2, 0.25) is 0 Å². The van der Waals surface area contributed by atoms with Crippen LogP contribution in [-0.4, -0.2) is 32.7 Å². The van der Waals surface area contributed by atoms with Gasteiger partial charge in [-0.1, -0.05) is 12.1 Å². The summed E-state index contributed by atoms with van der Waals surface area (Å²) in [5, 5.41) is 6.23. The summed E-state index contributed by atoms with van der Waals surface area (Å²) in [6, 6.07) is 9.91. The molecule has 23 heavy (non-hydrogen) atoms. The van der Waals surface area contributed by atoms with Gasteiger partial charge in [0.25, 0.3) is 5.91 Å². The van der Waals surface area contributed by atoms with Crippen LogP contribution in [0.5, 0.6) is 5.75 Å². The molecule has 1 fully saturated rings. The third kappa shape index (κ3) is 4.05. The van der Waals surface area contributed by atoms with Crippen molar-refractivity contribution in [3.8, 4) is 16.9 Å². The Labute approximate surface area is 146 Å². The molecule has 0 atom stereocenters. The summed E-state index contributed by atoms with van der Waals surface area (Å²) in [7, 11) is 1.66. The highest BCUT2D eigenvalue weighted by Crippen LogP contribution is 2.32. The Kier molecular flexibility index (Phi) is 6.04. The third-order valence-electron chi connectivity index (χ3n) is 3.96. The van der Waals surface area contributed by atoms with Gasteiger partial charge in [-0.2, -0.15) is 0 Å². The number of nitrogens with one attached hydrogen (secondary N) is 2. The van der Waals surface area contributed by atoms with Crippen molar-refractivity contribution in [3.63, 3.8) is 0 Å². The topological polar surface area (TPSA) is 50.4 Å². The second-order valence-corrected chi connectivity index (χ2v) is 6.80. The lowest BCUT2D eigenvalue weighted by atomic mass is 10.0. The minimum atomic E-state index is 0. The Morgan fingerprint density at radius 2 is 2.04 bits per heavy atom. The van der Waals surface area contributed by atoms with E-state index >= 15 is 0 Å². The van der Waals surface area contributed by atoms with E-state index in [1.165, 1.54) is 0 Å². The third-order valence-corrected chi connectivity index (χ3v) is 5.01. The summed E-state index contributed by atoms with van der Waals surface area (Å²) in [6.45, 7) is 4.80. The van der Waals surface area contributed by atoms with Crippen LogP contribution in [0.15, 0.2) is 30.3 Å². The van der Waals surface area contributed by atoms with Gasteiger partial charge in [0.15, 0.2) is 0 Å². The lowest BCUT2D eigenvalue weighted by molar-refractivity contribution is 0.0946. The SMILES string of the molecule is COc1ccc(-c2cc(C(=O)NCC3CNC3)sc2C)cc1.Cl. The largest absolute Gasteiger partial charge is 0.497 e. The Balaban J connectivity index is 0.00000192. The summed E-state index contributed by atoms with van der Waals surface area (Å²) < 4.78 is 5.18. The monoisotopic (exact) mass is 352 g/mol. The highest BCUT2D eigenvalue weighted by molar-refractivity contribution is 7.14. The predicted molar refractivity (Wildman–Crippen MR) is 97.0 cm³/mol. The zero-order chi connectivity index (χ0) is 15.5. The van der Waals surface area contributed by atoms with Crippen LogP contribution in [0.1, 0.15) is 14.5 Å². The molecule has 1 aliphatic rings. The molecule has 0 spiro atoms. The molecule has 4 nitrogen and oxygen atoms in total. The summed E-state index contributed by atoms with van der Waals surface area (Å²) >= 11 is 1.55. The lowest BCUT2D eigenvalue weighted by Gasteiger charge is -2.26. The number of hydrogen-bond donors (Lipinski definition) is 2. The molecule has 3 rings (SSSR count). The molecule has 1 aliphatic heterocycles. The van der Waals surface area contributed by atoms with Crippen molar-refractivity contribution in [3.05, 3.63) is 40.1 Å². The predicted octanol–water partition coefficient (Wildman–Crippen LogP) is 3.10. The van der Waals surface area contributed by atoms with Crippen LogP contribution in [0.25, 0.3) is 11.1 Å². The summed E-state index contributed by atoms with van der Waals surface area (Å²) in [5.74, 6) is 1.44. The first-order valence-corrected chi connectivity index (χ1v) is 8.23. The van der Waals surface area contributed by atoms with Gasteiger partial charge in [-0.15, -0.1) is 23.7 Å². The van der Waals surface area contributed by atoms with Crippen LogP contribution in [0.3, 0.4) is 0 Å². The lowest BCUT2D eigenvalue weighted by Crippen LogP contribution is -2.48. The van der Waals surface area contributed by atoms with Crippen molar-refractivity contribution >= 4 is 29.7 Å². The number of thiophene rings is 1. The quantitative estimate of drug-likeness (QED) is 0.869. The number of aryl methyl sites for hydroxylation is 1. The maximum atomic E-state index is 12.2. The maximum absolute atomic E-state index is 12.2. The second-order valence-electron chi connectivity index (χ2n) is 5.54. The molecule has 124 valence electrons. The molecule has 6 heteroatoms. The zero-order valence-corrected chi connectivity index (χ0v) is 14.9. The molecule has 1 amide bonds. The number of hydrogen-bond acceptors (Lipinski definition) is 4. The van der Waals surface area contributed by atoms with Crippen LogP contribution in [0, 0.1) is 12.8 Å².